The lowest BCUT2D eigenvalue weighted by Crippen LogP contribution is -2.50. The summed E-state index contributed by atoms with van der Waals surface area (Å²) < 4.78 is 0. The molecule has 22 heavy (non-hydrogen) atoms. The molecule has 2 saturated heterocycles. The Kier molecular flexibility index (Phi) is 2.80. The van der Waals surface area contributed by atoms with Gasteiger partial charge in [0.05, 0.1) is 5.52 Å². The zero-order chi connectivity index (χ0) is 14.5. The van der Waals surface area contributed by atoms with Crippen molar-refractivity contribution in [1.29, 1.82) is 0 Å². The number of hydrogen-bond acceptors (Lipinski definition) is 4. The Labute approximate surface area is 131 Å². The van der Waals surface area contributed by atoms with Crippen LogP contribution in [0.2, 0.25) is 0 Å². The summed E-state index contributed by atoms with van der Waals surface area (Å²) in [5.74, 6) is 0. The van der Waals surface area contributed by atoms with E-state index in [0.29, 0.717) is 0 Å². The van der Waals surface area contributed by atoms with Gasteiger partial charge in [-0.05, 0) is 49.6 Å². The molecule has 1 unspecified atom stereocenters. The highest BCUT2D eigenvalue weighted by atomic mass is 15.3. The average molecular weight is 294 g/mol. The Morgan fingerprint density at radius 1 is 1.18 bits per heavy atom. The molecule has 3 aliphatic rings. The lowest BCUT2D eigenvalue weighted by atomic mass is 10.1. The summed E-state index contributed by atoms with van der Waals surface area (Å²) in [5, 5.41) is 4.81. The molecule has 4 heteroatoms. The molecular formula is C18H22N4. The number of aromatic nitrogens is 1. The number of rotatable bonds is 1. The van der Waals surface area contributed by atoms with Gasteiger partial charge in [-0.1, -0.05) is 0 Å². The van der Waals surface area contributed by atoms with Gasteiger partial charge in [0, 0.05) is 55.2 Å². The second-order valence-corrected chi connectivity index (χ2v) is 6.81. The van der Waals surface area contributed by atoms with Gasteiger partial charge >= 0.3 is 0 Å². The van der Waals surface area contributed by atoms with Crippen molar-refractivity contribution in [2.24, 2.45) is 0 Å². The van der Waals surface area contributed by atoms with E-state index in [0.717, 1.165) is 31.1 Å². The Hall–Kier alpha value is -1.81. The van der Waals surface area contributed by atoms with Gasteiger partial charge in [0.25, 0.3) is 0 Å². The lowest BCUT2D eigenvalue weighted by Gasteiger charge is -2.39. The van der Waals surface area contributed by atoms with Crippen molar-refractivity contribution in [3.63, 3.8) is 0 Å². The van der Waals surface area contributed by atoms with Crippen molar-refractivity contribution in [3.8, 4) is 0 Å². The first-order valence-corrected chi connectivity index (χ1v) is 8.53. The summed E-state index contributed by atoms with van der Waals surface area (Å²) in [4.78, 5) is 9.86. The highest BCUT2D eigenvalue weighted by Gasteiger charge is 2.31. The third kappa shape index (κ3) is 1.90. The van der Waals surface area contributed by atoms with Gasteiger partial charge in [-0.25, -0.2) is 0 Å². The van der Waals surface area contributed by atoms with Crippen molar-refractivity contribution >= 4 is 22.3 Å². The third-order valence-electron chi connectivity index (χ3n) is 5.58. The first-order valence-electron chi connectivity index (χ1n) is 8.53. The largest absolute Gasteiger partial charge is 0.384 e. The Bertz CT molecular complexity index is 726. The topological polar surface area (TPSA) is 31.4 Å². The Morgan fingerprint density at radius 3 is 3.18 bits per heavy atom. The average Bonchev–Trinajstić information content (AvgIpc) is 3.19. The highest BCUT2D eigenvalue weighted by Crippen LogP contribution is 2.34. The first kappa shape index (κ1) is 12.7. The maximum atomic E-state index is 4.62. The molecule has 2 fully saturated rings. The van der Waals surface area contributed by atoms with E-state index in [9.17, 15) is 0 Å². The monoisotopic (exact) mass is 294 g/mol. The summed E-state index contributed by atoms with van der Waals surface area (Å²) in [7, 11) is 0. The standard InChI is InChI=1S/C18H22N4/c1-2-14-12-22(9-8-21(14)7-1)18-4-6-20-17-10-13-3-5-19-16(13)11-15(17)18/h4,6,10-11,14,19H,1-3,5,7-9,12H2. The molecule has 5 rings (SSSR count). The van der Waals surface area contributed by atoms with Crippen LogP contribution in [-0.2, 0) is 6.42 Å². The molecule has 1 aromatic heterocycles. The number of fused-ring (bicyclic) bond motifs is 3. The van der Waals surface area contributed by atoms with Crippen molar-refractivity contribution in [1.82, 2.24) is 9.88 Å². The Morgan fingerprint density at radius 2 is 2.18 bits per heavy atom. The minimum absolute atomic E-state index is 0.754. The fourth-order valence-electron chi connectivity index (χ4n) is 4.41. The molecule has 1 N–H and O–H groups in total. The molecule has 0 bridgehead atoms. The van der Waals surface area contributed by atoms with Crippen LogP contribution < -0.4 is 10.2 Å². The van der Waals surface area contributed by atoms with Crippen LogP contribution in [-0.4, -0.2) is 48.6 Å². The van der Waals surface area contributed by atoms with Gasteiger partial charge in [-0.3, -0.25) is 9.88 Å². The molecule has 3 aliphatic heterocycles. The van der Waals surface area contributed by atoms with Gasteiger partial charge in [0.2, 0.25) is 0 Å². The molecule has 0 saturated carbocycles. The molecule has 0 aliphatic carbocycles. The molecule has 114 valence electrons. The molecule has 0 amide bonds. The number of nitrogens with zero attached hydrogens (tertiary/aromatic N) is 3. The van der Waals surface area contributed by atoms with E-state index in [1.165, 1.54) is 54.8 Å². The molecule has 1 aromatic carbocycles. The highest BCUT2D eigenvalue weighted by molar-refractivity contribution is 5.95. The molecule has 2 aromatic rings. The van der Waals surface area contributed by atoms with Crippen LogP contribution in [0.1, 0.15) is 18.4 Å². The molecule has 1 atom stereocenters. The zero-order valence-corrected chi connectivity index (χ0v) is 12.9. The minimum atomic E-state index is 0.754. The first-order chi connectivity index (χ1) is 10.9. The number of anilines is 2. The van der Waals surface area contributed by atoms with Crippen molar-refractivity contribution in [3.05, 3.63) is 30.0 Å². The van der Waals surface area contributed by atoms with E-state index >= 15 is 0 Å². The molecular weight excluding hydrogens is 272 g/mol. The van der Waals surface area contributed by atoms with E-state index in [1.807, 2.05) is 6.20 Å². The fraction of sp³-hybridized carbons (Fsp3) is 0.500. The van der Waals surface area contributed by atoms with Crippen LogP contribution in [0, 0.1) is 0 Å². The van der Waals surface area contributed by atoms with Crippen LogP contribution in [0.3, 0.4) is 0 Å². The van der Waals surface area contributed by atoms with E-state index in [1.54, 1.807) is 0 Å². The predicted molar refractivity (Wildman–Crippen MR) is 90.7 cm³/mol. The maximum Gasteiger partial charge on any atom is 0.0727 e. The fourth-order valence-corrected chi connectivity index (χ4v) is 4.41. The summed E-state index contributed by atoms with van der Waals surface area (Å²) in [5.41, 5.74) is 5.24. The summed E-state index contributed by atoms with van der Waals surface area (Å²) in [6.07, 6.45) is 5.83. The number of piperazine rings is 1. The van der Waals surface area contributed by atoms with E-state index in [4.69, 9.17) is 0 Å². The van der Waals surface area contributed by atoms with Crippen LogP contribution in [0.25, 0.3) is 10.9 Å². The molecule has 4 nitrogen and oxygen atoms in total. The van der Waals surface area contributed by atoms with Crippen LogP contribution in [0.5, 0.6) is 0 Å². The molecule has 4 heterocycles. The quantitative estimate of drug-likeness (QED) is 0.875. The van der Waals surface area contributed by atoms with Crippen molar-refractivity contribution in [2.75, 3.05) is 42.9 Å². The van der Waals surface area contributed by atoms with E-state index < -0.39 is 0 Å². The Balaban J connectivity index is 1.56. The summed E-state index contributed by atoms with van der Waals surface area (Å²) in [6, 6.07) is 7.56. The second-order valence-electron chi connectivity index (χ2n) is 6.81. The van der Waals surface area contributed by atoms with Gasteiger partial charge in [0.1, 0.15) is 0 Å². The van der Waals surface area contributed by atoms with E-state index in [2.05, 4.69) is 38.3 Å². The van der Waals surface area contributed by atoms with Crippen molar-refractivity contribution in [2.45, 2.75) is 25.3 Å². The zero-order valence-electron chi connectivity index (χ0n) is 12.9. The summed E-state index contributed by atoms with van der Waals surface area (Å²) >= 11 is 0. The summed E-state index contributed by atoms with van der Waals surface area (Å²) in [6.45, 7) is 5.87. The second kappa shape index (κ2) is 4.85. The number of hydrogen-bond donors (Lipinski definition) is 1. The van der Waals surface area contributed by atoms with Gasteiger partial charge in [0.15, 0.2) is 0 Å². The smallest absolute Gasteiger partial charge is 0.0727 e. The normalized spacial score (nSPS) is 24.4. The van der Waals surface area contributed by atoms with Crippen LogP contribution in [0.4, 0.5) is 11.4 Å². The molecule has 0 radical (unpaired) electrons. The third-order valence-corrected chi connectivity index (χ3v) is 5.58. The van der Waals surface area contributed by atoms with E-state index in [-0.39, 0.29) is 0 Å². The number of benzene rings is 1. The van der Waals surface area contributed by atoms with Crippen molar-refractivity contribution < 1.29 is 0 Å². The predicted octanol–water partition coefficient (Wildman–Crippen LogP) is 2.49. The lowest BCUT2D eigenvalue weighted by molar-refractivity contribution is 0.231. The van der Waals surface area contributed by atoms with Crippen LogP contribution in [0.15, 0.2) is 24.4 Å². The van der Waals surface area contributed by atoms with Gasteiger partial charge in [-0.2, -0.15) is 0 Å². The molecule has 0 spiro atoms. The minimum Gasteiger partial charge on any atom is -0.384 e. The van der Waals surface area contributed by atoms with Gasteiger partial charge in [-0.15, -0.1) is 0 Å². The number of nitrogens with one attached hydrogen (secondary N) is 1. The van der Waals surface area contributed by atoms with Gasteiger partial charge < -0.3 is 10.2 Å². The van der Waals surface area contributed by atoms with Crippen LogP contribution >= 0.6 is 0 Å². The maximum absolute atomic E-state index is 4.62. The SMILES string of the molecule is c1cc(N2CCN3CCCC3C2)c2cc3c(cc2n1)CCN3. The number of pyridine rings is 1.